The molecule has 0 saturated carbocycles. The van der Waals surface area contributed by atoms with Gasteiger partial charge in [0.15, 0.2) is 11.6 Å². The number of benzene rings is 2. The summed E-state index contributed by atoms with van der Waals surface area (Å²) in [7, 11) is -3.05. The van der Waals surface area contributed by atoms with E-state index in [9.17, 15) is 22.0 Å². The van der Waals surface area contributed by atoms with Crippen molar-refractivity contribution in [2.45, 2.75) is 23.9 Å². The maximum atomic E-state index is 13.5. The van der Waals surface area contributed by atoms with Crippen LogP contribution in [0.25, 0.3) is 0 Å². The summed E-state index contributed by atoms with van der Waals surface area (Å²) in [6.45, 7) is -0.0583. The molecule has 0 radical (unpaired) electrons. The molecule has 1 heterocycles. The Morgan fingerprint density at radius 3 is 2.44 bits per heavy atom. The highest BCUT2D eigenvalue weighted by Gasteiger charge is 2.40. The Morgan fingerprint density at radius 2 is 1.80 bits per heavy atom. The minimum Gasteiger partial charge on any atom is -0.468 e. The van der Waals surface area contributed by atoms with E-state index in [-0.39, 0.29) is 13.0 Å². The number of fused-ring (bicyclic) bond motifs is 1. The van der Waals surface area contributed by atoms with Crippen LogP contribution in [0.5, 0.6) is 0 Å². The van der Waals surface area contributed by atoms with Crippen LogP contribution in [-0.2, 0) is 32.5 Å². The van der Waals surface area contributed by atoms with Crippen molar-refractivity contribution in [1.29, 1.82) is 0 Å². The highest BCUT2D eigenvalue weighted by molar-refractivity contribution is 7.89. The average Bonchev–Trinajstić information content (AvgIpc) is 2.62. The third kappa shape index (κ3) is 3.14. The summed E-state index contributed by atoms with van der Waals surface area (Å²) in [5.41, 5.74) is 1.59. The lowest BCUT2D eigenvalue weighted by atomic mass is 9.96. The summed E-state index contributed by atoms with van der Waals surface area (Å²) in [5.74, 6) is -3.12. The van der Waals surface area contributed by atoms with Crippen LogP contribution in [-0.4, -0.2) is 31.8 Å². The number of hydrogen-bond acceptors (Lipinski definition) is 4. The molecule has 0 aromatic heterocycles. The highest BCUT2D eigenvalue weighted by Crippen LogP contribution is 2.30. The smallest absolute Gasteiger partial charge is 0.324 e. The fourth-order valence-corrected chi connectivity index (χ4v) is 4.43. The molecule has 0 amide bonds. The van der Waals surface area contributed by atoms with Crippen molar-refractivity contribution in [3.8, 4) is 0 Å². The van der Waals surface area contributed by atoms with Gasteiger partial charge in [-0.2, -0.15) is 4.31 Å². The predicted octanol–water partition coefficient (Wildman–Crippen LogP) is 2.25. The van der Waals surface area contributed by atoms with E-state index in [4.69, 9.17) is 4.74 Å². The lowest BCUT2D eigenvalue weighted by Crippen LogP contribution is -2.49. The Labute approximate surface area is 143 Å². The molecule has 0 N–H and O–H groups in total. The molecule has 0 spiro atoms. The molecule has 0 saturated heterocycles. The van der Waals surface area contributed by atoms with Crippen LogP contribution in [0.1, 0.15) is 11.1 Å². The number of methoxy groups -OCH3 is 1. The van der Waals surface area contributed by atoms with Gasteiger partial charge in [-0.1, -0.05) is 24.3 Å². The van der Waals surface area contributed by atoms with Crippen molar-refractivity contribution in [3.05, 3.63) is 65.2 Å². The normalized spacial score (nSPS) is 17.8. The number of carbonyl (C=O) groups is 1. The van der Waals surface area contributed by atoms with Crippen LogP contribution in [0.4, 0.5) is 8.78 Å². The first-order valence-corrected chi connectivity index (χ1v) is 8.90. The number of sulfonamides is 1. The highest BCUT2D eigenvalue weighted by atomic mass is 32.2. The summed E-state index contributed by atoms with van der Waals surface area (Å²) < 4.78 is 58.2. The van der Waals surface area contributed by atoms with E-state index >= 15 is 0 Å². The monoisotopic (exact) mass is 367 g/mol. The van der Waals surface area contributed by atoms with Crippen LogP contribution in [0.2, 0.25) is 0 Å². The van der Waals surface area contributed by atoms with Gasteiger partial charge in [0.1, 0.15) is 6.04 Å². The quantitative estimate of drug-likeness (QED) is 0.781. The number of esters is 1. The minimum absolute atomic E-state index is 0.0583. The van der Waals surface area contributed by atoms with E-state index < -0.39 is 38.6 Å². The number of nitrogens with zero attached hydrogens (tertiary/aromatic N) is 1. The van der Waals surface area contributed by atoms with Gasteiger partial charge in [-0.25, -0.2) is 17.2 Å². The third-order valence-corrected chi connectivity index (χ3v) is 6.03. The van der Waals surface area contributed by atoms with Gasteiger partial charge in [0.05, 0.1) is 12.0 Å². The number of rotatable bonds is 3. The van der Waals surface area contributed by atoms with Crippen molar-refractivity contribution in [2.24, 2.45) is 0 Å². The summed E-state index contributed by atoms with van der Waals surface area (Å²) in [6.07, 6.45) is 0.145. The molecule has 1 aliphatic rings. The molecule has 0 bridgehead atoms. The number of hydrogen-bond donors (Lipinski definition) is 0. The first-order chi connectivity index (χ1) is 11.8. The summed E-state index contributed by atoms with van der Waals surface area (Å²) in [6, 6.07) is 8.39. The zero-order valence-electron chi connectivity index (χ0n) is 13.3. The molecule has 2 aromatic rings. The lowest BCUT2D eigenvalue weighted by Gasteiger charge is -2.34. The van der Waals surface area contributed by atoms with E-state index in [0.717, 1.165) is 27.6 Å². The largest absolute Gasteiger partial charge is 0.468 e. The predicted molar refractivity (Wildman–Crippen MR) is 85.0 cm³/mol. The Kier molecular flexibility index (Phi) is 4.57. The first kappa shape index (κ1) is 17.5. The van der Waals surface area contributed by atoms with Crippen LogP contribution in [0.15, 0.2) is 47.4 Å². The third-order valence-electron chi connectivity index (χ3n) is 4.18. The van der Waals surface area contributed by atoms with Gasteiger partial charge in [0, 0.05) is 13.0 Å². The molecule has 25 heavy (non-hydrogen) atoms. The number of ether oxygens (including phenoxy) is 1. The van der Waals surface area contributed by atoms with Crippen molar-refractivity contribution in [3.63, 3.8) is 0 Å². The average molecular weight is 367 g/mol. The standard InChI is InChI=1S/C17H15F2NO4S/c1-24-17(21)16-8-11-4-2-3-5-12(11)10-20(16)25(22,23)13-6-7-14(18)15(19)9-13/h2-7,9,16H,8,10H2,1H3/t16-/m0/s1. The Morgan fingerprint density at radius 1 is 1.12 bits per heavy atom. The van der Waals surface area contributed by atoms with Gasteiger partial charge >= 0.3 is 5.97 Å². The molecule has 1 aliphatic heterocycles. The molecule has 0 unspecified atom stereocenters. The Hall–Kier alpha value is -2.32. The van der Waals surface area contributed by atoms with Crippen molar-refractivity contribution in [2.75, 3.05) is 7.11 Å². The molecule has 8 heteroatoms. The molecule has 2 aromatic carbocycles. The van der Waals surface area contributed by atoms with Crippen LogP contribution >= 0.6 is 0 Å². The molecular weight excluding hydrogens is 352 g/mol. The maximum absolute atomic E-state index is 13.5. The van der Waals surface area contributed by atoms with Gasteiger partial charge in [0.25, 0.3) is 0 Å². The molecule has 0 aliphatic carbocycles. The Bertz CT molecular complexity index is 930. The fraction of sp³-hybridized carbons (Fsp3) is 0.235. The van der Waals surface area contributed by atoms with E-state index in [1.165, 1.54) is 7.11 Å². The second kappa shape index (κ2) is 6.53. The van der Waals surface area contributed by atoms with Crippen molar-refractivity contribution in [1.82, 2.24) is 4.31 Å². The SMILES string of the molecule is COC(=O)[C@@H]1Cc2ccccc2CN1S(=O)(=O)c1ccc(F)c(F)c1. The maximum Gasteiger partial charge on any atom is 0.324 e. The second-order valence-electron chi connectivity index (χ2n) is 5.64. The van der Waals surface area contributed by atoms with Crippen molar-refractivity contribution >= 4 is 16.0 Å². The van der Waals surface area contributed by atoms with Gasteiger partial charge in [0.2, 0.25) is 10.0 Å². The van der Waals surface area contributed by atoms with Crippen LogP contribution < -0.4 is 0 Å². The molecule has 3 rings (SSSR count). The van der Waals surface area contributed by atoms with Gasteiger partial charge in [-0.05, 0) is 29.3 Å². The topological polar surface area (TPSA) is 63.7 Å². The number of halogens is 2. The van der Waals surface area contributed by atoms with E-state index in [2.05, 4.69) is 0 Å². The van der Waals surface area contributed by atoms with Gasteiger partial charge in [-0.3, -0.25) is 4.79 Å². The number of carbonyl (C=O) groups excluding carboxylic acids is 1. The first-order valence-electron chi connectivity index (χ1n) is 7.46. The zero-order valence-corrected chi connectivity index (χ0v) is 14.1. The fourth-order valence-electron chi connectivity index (χ4n) is 2.86. The second-order valence-corrected chi connectivity index (χ2v) is 7.53. The summed E-state index contributed by atoms with van der Waals surface area (Å²) in [4.78, 5) is 11.7. The van der Waals surface area contributed by atoms with Crippen LogP contribution in [0, 0.1) is 11.6 Å². The van der Waals surface area contributed by atoms with E-state index in [1.807, 2.05) is 6.07 Å². The van der Waals surface area contributed by atoms with Crippen molar-refractivity contribution < 1.29 is 26.7 Å². The zero-order chi connectivity index (χ0) is 18.2. The summed E-state index contributed by atoms with van der Waals surface area (Å²) in [5, 5.41) is 0. The molecule has 5 nitrogen and oxygen atoms in total. The lowest BCUT2D eigenvalue weighted by molar-refractivity contribution is -0.145. The molecule has 0 fully saturated rings. The van der Waals surface area contributed by atoms with E-state index in [1.54, 1.807) is 18.2 Å². The molecule has 1 atom stereocenters. The van der Waals surface area contributed by atoms with E-state index in [0.29, 0.717) is 6.07 Å². The summed E-state index contributed by atoms with van der Waals surface area (Å²) >= 11 is 0. The molecular formula is C17H15F2NO4S. The minimum atomic E-state index is -4.22. The van der Waals surface area contributed by atoms with Gasteiger partial charge in [-0.15, -0.1) is 0 Å². The van der Waals surface area contributed by atoms with Gasteiger partial charge < -0.3 is 4.74 Å². The van der Waals surface area contributed by atoms with Crippen LogP contribution in [0.3, 0.4) is 0 Å². The molecule has 132 valence electrons. The Balaban J connectivity index is 2.08.